The van der Waals surface area contributed by atoms with Crippen LogP contribution < -0.4 is 10.5 Å². The minimum absolute atomic E-state index is 0.0728. The molecule has 0 amide bonds. The molecule has 3 aromatic rings. The SMILES string of the molecule is CCc1cc2ncc(CN3CCN(c4ncc(F)cc4F)CC3)cc2[nH]c1=O. The Hall–Kier alpha value is -2.87. The maximum absolute atomic E-state index is 13.9. The van der Waals surface area contributed by atoms with Crippen LogP contribution in [0.1, 0.15) is 18.1 Å². The van der Waals surface area contributed by atoms with E-state index in [1.165, 1.54) is 0 Å². The number of H-pyrrole nitrogens is 1. The van der Waals surface area contributed by atoms with Crippen LogP contribution in [-0.2, 0) is 13.0 Å². The van der Waals surface area contributed by atoms with Crippen molar-refractivity contribution in [1.29, 1.82) is 0 Å². The van der Waals surface area contributed by atoms with E-state index in [1.807, 2.05) is 30.2 Å². The van der Waals surface area contributed by atoms with E-state index in [9.17, 15) is 13.6 Å². The Balaban J connectivity index is 1.44. The summed E-state index contributed by atoms with van der Waals surface area (Å²) in [5.74, 6) is -1.12. The van der Waals surface area contributed by atoms with E-state index in [0.29, 0.717) is 26.1 Å². The zero-order chi connectivity index (χ0) is 19.7. The van der Waals surface area contributed by atoms with Gasteiger partial charge in [-0.3, -0.25) is 14.7 Å². The number of anilines is 1. The summed E-state index contributed by atoms with van der Waals surface area (Å²) in [6.07, 6.45) is 3.53. The lowest BCUT2D eigenvalue weighted by molar-refractivity contribution is 0.248. The zero-order valence-corrected chi connectivity index (χ0v) is 15.6. The first-order chi connectivity index (χ1) is 13.5. The number of hydrogen-bond donors (Lipinski definition) is 1. The number of nitrogens with zero attached hydrogens (tertiary/aromatic N) is 4. The highest BCUT2D eigenvalue weighted by Crippen LogP contribution is 2.19. The molecule has 6 nitrogen and oxygen atoms in total. The van der Waals surface area contributed by atoms with Crippen molar-refractivity contribution in [3.63, 3.8) is 0 Å². The van der Waals surface area contributed by atoms with Gasteiger partial charge in [-0.1, -0.05) is 6.92 Å². The van der Waals surface area contributed by atoms with Gasteiger partial charge in [0.25, 0.3) is 5.56 Å². The number of fused-ring (bicyclic) bond motifs is 1. The third kappa shape index (κ3) is 3.73. The van der Waals surface area contributed by atoms with E-state index in [1.54, 1.807) is 0 Å². The van der Waals surface area contributed by atoms with E-state index in [-0.39, 0.29) is 11.4 Å². The van der Waals surface area contributed by atoms with E-state index in [0.717, 1.165) is 47.5 Å². The van der Waals surface area contributed by atoms with Crippen molar-refractivity contribution >= 4 is 16.9 Å². The lowest BCUT2D eigenvalue weighted by Gasteiger charge is -2.35. The zero-order valence-electron chi connectivity index (χ0n) is 15.6. The van der Waals surface area contributed by atoms with Gasteiger partial charge in [0.2, 0.25) is 0 Å². The number of aromatic nitrogens is 3. The first-order valence-electron chi connectivity index (χ1n) is 9.32. The number of rotatable bonds is 4. The standard InChI is InChI=1S/C20H21F2N5O/c1-2-14-8-17-18(25-20(14)28)7-13(10-23-17)12-26-3-5-27(6-4-26)19-16(22)9-15(21)11-24-19/h7-11H,2-6,12H2,1H3,(H,25,28). The number of aromatic amines is 1. The smallest absolute Gasteiger partial charge is 0.251 e. The lowest BCUT2D eigenvalue weighted by atomic mass is 10.1. The van der Waals surface area contributed by atoms with E-state index < -0.39 is 11.6 Å². The van der Waals surface area contributed by atoms with Gasteiger partial charge >= 0.3 is 0 Å². The molecule has 1 fully saturated rings. The summed E-state index contributed by atoms with van der Waals surface area (Å²) in [6, 6.07) is 4.65. The van der Waals surface area contributed by atoms with Gasteiger partial charge in [-0.15, -0.1) is 0 Å². The number of nitrogens with one attached hydrogen (secondary N) is 1. The second-order valence-electron chi connectivity index (χ2n) is 6.98. The maximum atomic E-state index is 13.9. The van der Waals surface area contributed by atoms with Crippen molar-refractivity contribution in [2.75, 3.05) is 31.1 Å². The molecule has 1 saturated heterocycles. The first kappa shape index (κ1) is 18.5. The van der Waals surface area contributed by atoms with Gasteiger partial charge in [0.1, 0.15) is 5.82 Å². The highest BCUT2D eigenvalue weighted by molar-refractivity contribution is 5.74. The summed E-state index contributed by atoms with van der Waals surface area (Å²) < 4.78 is 27.0. The third-order valence-corrected chi connectivity index (χ3v) is 5.07. The second-order valence-corrected chi connectivity index (χ2v) is 6.98. The summed E-state index contributed by atoms with van der Waals surface area (Å²) >= 11 is 0. The molecule has 146 valence electrons. The molecule has 1 aliphatic heterocycles. The number of aryl methyl sites for hydroxylation is 1. The van der Waals surface area contributed by atoms with Crippen molar-refractivity contribution in [2.24, 2.45) is 0 Å². The van der Waals surface area contributed by atoms with E-state index in [4.69, 9.17) is 0 Å². The van der Waals surface area contributed by atoms with Gasteiger partial charge in [0, 0.05) is 50.6 Å². The minimum Gasteiger partial charge on any atom is -0.352 e. The quantitative estimate of drug-likeness (QED) is 0.748. The van der Waals surface area contributed by atoms with Gasteiger partial charge in [0.15, 0.2) is 11.6 Å². The van der Waals surface area contributed by atoms with Crippen molar-refractivity contribution in [3.8, 4) is 0 Å². The van der Waals surface area contributed by atoms with Crippen LogP contribution in [0.3, 0.4) is 0 Å². The molecule has 3 aromatic heterocycles. The molecular formula is C20H21F2N5O. The molecule has 4 heterocycles. The number of piperazine rings is 1. The fourth-order valence-electron chi connectivity index (χ4n) is 3.53. The summed E-state index contributed by atoms with van der Waals surface area (Å²) in [5.41, 5.74) is 3.17. The maximum Gasteiger partial charge on any atom is 0.251 e. The molecule has 28 heavy (non-hydrogen) atoms. The van der Waals surface area contributed by atoms with Crippen molar-refractivity contribution in [1.82, 2.24) is 19.9 Å². The topological polar surface area (TPSA) is 65.1 Å². The normalized spacial score (nSPS) is 15.3. The Morgan fingerprint density at radius 1 is 1.07 bits per heavy atom. The summed E-state index contributed by atoms with van der Waals surface area (Å²) in [5, 5.41) is 0. The van der Waals surface area contributed by atoms with Gasteiger partial charge in [-0.25, -0.2) is 13.8 Å². The molecule has 1 aliphatic rings. The highest BCUT2D eigenvalue weighted by atomic mass is 19.1. The number of halogens is 2. The van der Waals surface area contributed by atoms with Gasteiger partial charge < -0.3 is 9.88 Å². The highest BCUT2D eigenvalue weighted by Gasteiger charge is 2.21. The predicted octanol–water partition coefficient (Wildman–Crippen LogP) is 2.48. The average Bonchev–Trinajstić information content (AvgIpc) is 2.68. The van der Waals surface area contributed by atoms with Gasteiger partial charge in [-0.2, -0.15) is 0 Å². The van der Waals surface area contributed by atoms with E-state index >= 15 is 0 Å². The van der Waals surface area contributed by atoms with Gasteiger partial charge in [0.05, 0.1) is 17.2 Å². The summed E-state index contributed by atoms with van der Waals surface area (Å²) in [4.78, 5) is 27.3. The molecule has 0 bridgehead atoms. The summed E-state index contributed by atoms with van der Waals surface area (Å²) in [7, 11) is 0. The Labute approximate surface area is 160 Å². The van der Waals surface area contributed by atoms with Crippen LogP contribution >= 0.6 is 0 Å². The lowest BCUT2D eigenvalue weighted by Crippen LogP contribution is -2.46. The van der Waals surface area contributed by atoms with Crippen LogP contribution in [0.5, 0.6) is 0 Å². The van der Waals surface area contributed by atoms with Gasteiger partial charge in [-0.05, 0) is 24.1 Å². The Morgan fingerprint density at radius 3 is 2.57 bits per heavy atom. The molecule has 4 rings (SSSR count). The molecular weight excluding hydrogens is 364 g/mol. The molecule has 0 aromatic carbocycles. The van der Waals surface area contributed by atoms with Crippen LogP contribution in [0.15, 0.2) is 35.4 Å². The number of hydrogen-bond acceptors (Lipinski definition) is 5. The second kappa shape index (κ2) is 7.63. The third-order valence-electron chi connectivity index (χ3n) is 5.07. The van der Waals surface area contributed by atoms with Crippen molar-refractivity contribution in [3.05, 3.63) is 63.7 Å². The fourth-order valence-corrected chi connectivity index (χ4v) is 3.53. The molecule has 0 saturated carbocycles. The molecule has 1 N–H and O–H groups in total. The minimum atomic E-state index is -0.673. The van der Waals surface area contributed by atoms with Crippen LogP contribution in [0, 0.1) is 11.6 Å². The van der Waals surface area contributed by atoms with Crippen LogP contribution in [0.2, 0.25) is 0 Å². The van der Waals surface area contributed by atoms with E-state index in [2.05, 4.69) is 19.9 Å². The van der Waals surface area contributed by atoms with Crippen LogP contribution in [0.4, 0.5) is 14.6 Å². The molecule has 0 atom stereocenters. The predicted molar refractivity (Wildman–Crippen MR) is 103 cm³/mol. The number of pyridine rings is 3. The monoisotopic (exact) mass is 385 g/mol. The van der Waals surface area contributed by atoms with Crippen molar-refractivity contribution < 1.29 is 8.78 Å². The molecule has 0 radical (unpaired) electrons. The Kier molecular flexibility index (Phi) is 5.04. The average molecular weight is 385 g/mol. The Morgan fingerprint density at radius 2 is 1.86 bits per heavy atom. The molecule has 8 heteroatoms. The summed E-state index contributed by atoms with van der Waals surface area (Å²) in [6.45, 7) is 5.29. The largest absolute Gasteiger partial charge is 0.352 e. The molecule has 0 spiro atoms. The molecule has 0 aliphatic carbocycles. The molecule has 0 unspecified atom stereocenters. The van der Waals surface area contributed by atoms with Crippen molar-refractivity contribution in [2.45, 2.75) is 19.9 Å². The van der Waals surface area contributed by atoms with Crippen LogP contribution in [-0.4, -0.2) is 46.0 Å². The Bertz CT molecular complexity index is 1060. The first-order valence-corrected chi connectivity index (χ1v) is 9.32. The van der Waals surface area contributed by atoms with Crippen LogP contribution in [0.25, 0.3) is 11.0 Å². The fraction of sp³-hybridized carbons (Fsp3) is 0.350.